The van der Waals surface area contributed by atoms with Crippen LogP contribution in [0.2, 0.25) is 0 Å². The standard InChI is InChI=1S/C18H24N2/c1-12(2)15-7-5-6-8-17(15)20-18-10-9-14(19)11-16(18)13(3)4/h5-13,20H,19H2,1-4H3. The lowest BCUT2D eigenvalue weighted by Crippen LogP contribution is -2.02. The molecule has 0 fully saturated rings. The molecular weight excluding hydrogens is 244 g/mol. The Morgan fingerprint density at radius 2 is 1.40 bits per heavy atom. The lowest BCUT2D eigenvalue weighted by Gasteiger charge is -2.19. The summed E-state index contributed by atoms with van der Waals surface area (Å²) in [4.78, 5) is 0. The van der Waals surface area contributed by atoms with E-state index in [4.69, 9.17) is 5.73 Å². The SMILES string of the molecule is CC(C)c1ccccc1Nc1ccc(N)cc1C(C)C. The number of hydrogen-bond donors (Lipinski definition) is 2. The maximum Gasteiger partial charge on any atom is 0.0421 e. The van der Waals surface area contributed by atoms with E-state index in [2.05, 4.69) is 69.4 Å². The van der Waals surface area contributed by atoms with Gasteiger partial charge in [-0.1, -0.05) is 45.9 Å². The van der Waals surface area contributed by atoms with Crippen molar-refractivity contribution in [3.8, 4) is 0 Å². The van der Waals surface area contributed by atoms with Crippen molar-refractivity contribution in [1.82, 2.24) is 0 Å². The molecule has 20 heavy (non-hydrogen) atoms. The van der Waals surface area contributed by atoms with Gasteiger partial charge in [0.2, 0.25) is 0 Å². The number of nitrogens with two attached hydrogens (primary N) is 1. The zero-order valence-electron chi connectivity index (χ0n) is 12.8. The second-order valence-corrected chi connectivity index (χ2v) is 5.87. The molecule has 2 nitrogen and oxygen atoms in total. The third-order valence-corrected chi connectivity index (χ3v) is 3.55. The van der Waals surface area contributed by atoms with E-state index in [0.29, 0.717) is 11.8 Å². The van der Waals surface area contributed by atoms with Crippen molar-refractivity contribution in [2.24, 2.45) is 0 Å². The van der Waals surface area contributed by atoms with Crippen molar-refractivity contribution in [3.63, 3.8) is 0 Å². The summed E-state index contributed by atoms with van der Waals surface area (Å²) in [5.41, 5.74) is 11.6. The summed E-state index contributed by atoms with van der Waals surface area (Å²) >= 11 is 0. The van der Waals surface area contributed by atoms with E-state index >= 15 is 0 Å². The van der Waals surface area contributed by atoms with Crippen LogP contribution >= 0.6 is 0 Å². The molecule has 0 heterocycles. The molecule has 2 rings (SSSR count). The number of hydrogen-bond acceptors (Lipinski definition) is 2. The smallest absolute Gasteiger partial charge is 0.0421 e. The van der Waals surface area contributed by atoms with Crippen LogP contribution in [0.3, 0.4) is 0 Å². The van der Waals surface area contributed by atoms with Gasteiger partial charge in [0, 0.05) is 17.1 Å². The van der Waals surface area contributed by atoms with Crippen LogP contribution in [0.1, 0.15) is 50.7 Å². The first kappa shape index (κ1) is 14.4. The van der Waals surface area contributed by atoms with Gasteiger partial charge < -0.3 is 11.1 Å². The van der Waals surface area contributed by atoms with Gasteiger partial charge in [0.15, 0.2) is 0 Å². The fourth-order valence-corrected chi connectivity index (χ4v) is 2.43. The van der Waals surface area contributed by atoms with Gasteiger partial charge in [-0.2, -0.15) is 0 Å². The van der Waals surface area contributed by atoms with Crippen molar-refractivity contribution >= 4 is 17.1 Å². The molecule has 0 saturated heterocycles. The molecule has 0 aliphatic rings. The summed E-state index contributed by atoms with van der Waals surface area (Å²) in [6.45, 7) is 8.81. The van der Waals surface area contributed by atoms with Crippen LogP contribution in [0.25, 0.3) is 0 Å². The van der Waals surface area contributed by atoms with E-state index in [0.717, 1.165) is 11.4 Å². The minimum Gasteiger partial charge on any atom is -0.399 e. The van der Waals surface area contributed by atoms with Gasteiger partial charge in [-0.25, -0.2) is 0 Å². The summed E-state index contributed by atoms with van der Waals surface area (Å²) in [5.74, 6) is 0.933. The van der Waals surface area contributed by atoms with Crippen LogP contribution in [0.5, 0.6) is 0 Å². The fraction of sp³-hybridized carbons (Fsp3) is 0.333. The highest BCUT2D eigenvalue weighted by atomic mass is 14.9. The molecule has 0 aliphatic heterocycles. The van der Waals surface area contributed by atoms with E-state index in [9.17, 15) is 0 Å². The van der Waals surface area contributed by atoms with Crippen LogP contribution < -0.4 is 11.1 Å². The molecule has 0 amide bonds. The zero-order valence-corrected chi connectivity index (χ0v) is 12.8. The Morgan fingerprint density at radius 3 is 2.05 bits per heavy atom. The highest BCUT2D eigenvalue weighted by Crippen LogP contribution is 2.32. The third-order valence-electron chi connectivity index (χ3n) is 3.55. The fourth-order valence-electron chi connectivity index (χ4n) is 2.43. The van der Waals surface area contributed by atoms with E-state index < -0.39 is 0 Å². The first-order chi connectivity index (χ1) is 9.49. The van der Waals surface area contributed by atoms with Gasteiger partial charge in [-0.05, 0) is 47.2 Å². The molecule has 0 unspecified atom stereocenters. The van der Waals surface area contributed by atoms with Crippen molar-refractivity contribution in [1.29, 1.82) is 0 Å². The van der Waals surface area contributed by atoms with Crippen LogP contribution in [-0.4, -0.2) is 0 Å². The molecular formula is C18H24N2. The first-order valence-corrected chi connectivity index (χ1v) is 7.24. The second kappa shape index (κ2) is 6.00. The van der Waals surface area contributed by atoms with Crippen molar-refractivity contribution in [2.45, 2.75) is 39.5 Å². The number of nitrogens with one attached hydrogen (secondary N) is 1. The van der Waals surface area contributed by atoms with Gasteiger partial charge in [0.25, 0.3) is 0 Å². The summed E-state index contributed by atoms with van der Waals surface area (Å²) in [6, 6.07) is 14.6. The Kier molecular flexibility index (Phi) is 4.33. The molecule has 0 radical (unpaired) electrons. The minimum absolute atomic E-state index is 0.437. The van der Waals surface area contributed by atoms with Crippen LogP contribution in [0.15, 0.2) is 42.5 Å². The summed E-state index contributed by atoms with van der Waals surface area (Å²) in [7, 11) is 0. The first-order valence-electron chi connectivity index (χ1n) is 7.24. The molecule has 0 bridgehead atoms. The molecule has 0 saturated carbocycles. The van der Waals surface area contributed by atoms with Crippen LogP contribution in [0, 0.1) is 0 Å². The van der Waals surface area contributed by atoms with Crippen molar-refractivity contribution in [3.05, 3.63) is 53.6 Å². The predicted molar refractivity (Wildman–Crippen MR) is 88.8 cm³/mol. The summed E-state index contributed by atoms with van der Waals surface area (Å²) in [6.07, 6.45) is 0. The molecule has 0 aliphatic carbocycles. The molecule has 0 atom stereocenters. The lowest BCUT2D eigenvalue weighted by molar-refractivity contribution is 0.863. The molecule has 2 aromatic rings. The molecule has 0 spiro atoms. The summed E-state index contributed by atoms with van der Waals surface area (Å²) < 4.78 is 0. The highest BCUT2D eigenvalue weighted by Gasteiger charge is 2.10. The number of benzene rings is 2. The van der Waals surface area contributed by atoms with E-state index in [1.807, 2.05) is 6.07 Å². The Bertz CT molecular complexity index is 586. The average Bonchev–Trinajstić information content (AvgIpc) is 2.41. The Hall–Kier alpha value is -1.96. The normalized spacial score (nSPS) is 11.1. The Morgan fingerprint density at radius 1 is 0.800 bits per heavy atom. The largest absolute Gasteiger partial charge is 0.399 e. The molecule has 3 N–H and O–H groups in total. The minimum atomic E-state index is 0.437. The molecule has 2 heteroatoms. The highest BCUT2D eigenvalue weighted by molar-refractivity contribution is 5.69. The average molecular weight is 268 g/mol. The maximum absolute atomic E-state index is 5.91. The van der Waals surface area contributed by atoms with Gasteiger partial charge >= 0.3 is 0 Å². The number of rotatable bonds is 4. The zero-order chi connectivity index (χ0) is 14.7. The van der Waals surface area contributed by atoms with Gasteiger partial charge in [-0.15, -0.1) is 0 Å². The predicted octanol–water partition coefficient (Wildman–Crippen LogP) is 5.26. The van der Waals surface area contributed by atoms with Gasteiger partial charge in [0.1, 0.15) is 0 Å². The number of nitrogen functional groups attached to an aromatic ring is 1. The third kappa shape index (κ3) is 3.13. The topological polar surface area (TPSA) is 38.0 Å². The lowest BCUT2D eigenvalue weighted by atomic mass is 9.98. The van der Waals surface area contributed by atoms with Crippen molar-refractivity contribution in [2.75, 3.05) is 11.1 Å². The molecule has 2 aromatic carbocycles. The van der Waals surface area contributed by atoms with Gasteiger partial charge in [0.05, 0.1) is 0 Å². The molecule has 106 valence electrons. The van der Waals surface area contributed by atoms with Crippen LogP contribution in [0.4, 0.5) is 17.1 Å². The summed E-state index contributed by atoms with van der Waals surface area (Å²) in [5, 5.41) is 3.58. The van der Waals surface area contributed by atoms with Gasteiger partial charge in [-0.3, -0.25) is 0 Å². The Labute approximate surface area is 122 Å². The Balaban J connectivity index is 2.40. The van der Waals surface area contributed by atoms with E-state index in [1.165, 1.54) is 16.8 Å². The molecule has 0 aromatic heterocycles. The maximum atomic E-state index is 5.91. The van der Waals surface area contributed by atoms with Crippen LogP contribution in [-0.2, 0) is 0 Å². The monoisotopic (exact) mass is 268 g/mol. The number of para-hydroxylation sites is 1. The quantitative estimate of drug-likeness (QED) is 0.742. The van der Waals surface area contributed by atoms with E-state index in [1.54, 1.807) is 0 Å². The van der Waals surface area contributed by atoms with E-state index in [-0.39, 0.29) is 0 Å². The second-order valence-electron chi connectivity index (χ2n) is 5.87. The van der Waals surface area contributed by atoms with Crippen molar-refractivity contribution < 1.29 is 0 Å². The number of anilines is 3.